The molecule has 2 aliphatic rings. The number of hydrogen-bond acceptors (Lipinski definition) is 3. The normalized spacial score (nSPS) is 23.9. The fraction of sp³-hybridized carbons (Fsp3) is 0.615. The number of carbonyl (C=O) groups is 1. The maximum absolute atomic E-state index is 12.3. The number of furan rings is 1. The van der Waals surface area contributed by atoms with Crippen molar-refractivity contribution in [3.8, 4) is 0 Å². The second-order valence-corrected chi connectivity index (χ2v) is 4.93. The number of nitrogens with zero attached hydrogens (tertiary/aromatic N) is 1. The average molecular weight is 235 g/mol. The summed E-state index contributed by atoms with van der Waals surface area (Å²) < 4.78 is 10.4. The van der Waals surface area contributed by atoms with E-state index in [9.17, 15) is 4.79 Å². The van der Waals surface area contributed by atoms with Gasteiger partial charge in [0.25, 0.3) is 5.91 Å². The highest BCUT2D eigenvalue weighted by atomic mass is 16.5. The molecule has 0 radical (unpaired) electrons. The van der Waals surface area contributed by atoms with E-state index in [0.717, 1.165) is 39.0 Å². The van der Waals surface area contributed by atoms with Gasteiger partial charge in [0.2, 0.25) is 0 Å². The summed E-state index contributed by atoms with van der Waals surface area (Å²) >= 11 is 0. The quantitative estimate of drug-likeness (QED) is 0.800. The van der Waals surface area contributed by atoms with Gasteiger partial charge in [0.1, 0.15) is 6.26 Å². The van der Waals surface area contributed by atoms with Crippen molar-refractivity contribution >= 4 is 5.91 Å². The smallest absolute Gasteiger partial charge is 0.257 e. The van der Waals surface area contributed by atoms with Crippen molar-refractivity contribution in [1.29, 1.82) is 0 Å². The second kappa shape index (κ2) is 4.53. The molecule has 1 amide bonds. The summed E-state index contributed by atoms with van der Waals surface area (Å²) in [6.45, 7) is 2.46. The molecule has 1 unspecified atom stereocenters. The highest BCUT2D eigenvalue weighted by Crippen LogP contribution is 2.30. The van der Waals surface area contributed by atoms with Crippen LogP contribution in [-0.4, -0.2) is 36.6 Å². The third-order valence-corrected chi connectivity index (χ3v) is 3.50. The Hall–Kier alpha value is -1.29. The van der Waals surface area contributed by atoms with Gasteiger partial charge in [-0.15, -0.1) is 0 Å². The summed E-state index contributed by atoms with van der Waals surface area (Å²) in [6, 6.07) is 2.18. The number of amides is 1. The van der Waals surface area contributed by atoms with Crippen LogP contribution in [0, 0.1) is 5.92 Å². The topological polar surface area (TPSA) is 42.7 Å². The molecule has 4 nitrogen and oxygen atoms in total. The van der Waals surface area contributed by atoms with E-state index >= 15 is 0 Å². The van der Waals surface area contributed by atoms with Crippen LogP contribution < -0.4 is 0 Å². The zero-order valence-corrected chi connectivity index (χ0v) is 9.80. The molecule has 0 N–H and O–H groups in total. The molecular weight excluding hydrogens is 218 g/mol. The first-order valence-corrected chi connectivity index (χ1v) is 6.25. The third-order valence-electron chi connectivity index (χ3n) is 3.50. The Bertz CT molecular complexity index is 377. The lowest BCUT2D eigenvalue weighted by atomic mass is 10.1. The Labute approximate surface area is 101 Å². The Kier molecular flexibility index (Phi) is 2.89. The number of rotatable bonds is 4. The van der Waals surface area contributed by atoms with Gasteiger partial charge in [0, 0.05) is 25.1 Å². The average Bonchev–Trinajstić information content (AvgIpc) is 2.86. The molecule has 1 saturated heterocycles. The van der Waals surface area contributed by atoms with Crippen molar-refractivity contribution in [2.24, 2.45) is 5.92 Å². The van der Waals surface area contributed by atoms with Crippen LogP contribution in [0.2, 0.25) is 0 Å². The van der Waals surface area contributed by atoms with Crippen molar-refractivity contribution in [3.63, 3.8) is 0 Å². The summed E-state index contributed by atoms with van der Waals surface area (Å²) in [7, 11) is 0. The van der Waals surface area contributed by atoms with Gasteiger partial charge in [0.05, 0.1) is 18.4 Å². The summed E-state index contributed by atoms with van der Waals surface area (Å²) in [5.74, 6) is 0.611. The van der Waals surface area contributed by atoms with Gasteiger partial charge in [0.15, 0.2) is 0 Å². The Morgan fingerprint density at radius 1 is 1.41 bits per heavy atom. The number of hydrogen-bond donors (Lipinski definition) is 0. The lowest BCUT2D eigenvalue weighted by Crippen LogP contribution is -2.37. The van der Waals surface area contributed by atoms with E-state index in [0.29, 0.717) is 17.5 Å². The molecule has 0 bridgehead atoms. The zero-order chi connectivity index (χ0) is 11.7. The molecule has 1 aromatic rings. The van der Waals surface area contributed by atoms with E-state index in [1.807, 2.05) is 4.90 Å². The molecular formula is C13H17NO3. The summed E-state index contributed by atoms with van der Waals surface area (Å²) in [5.41, 5.74) is 0.663. The molecule has 4 heteroatoms. The van der Waals surface area contributed by atoms with E-state index < -0.39 is 0 Å². The van der Waals surface area contributed by atoms with E-state index in [1.54, 1.807) is 12.3 Å². The van der Waals surface area contributed by atoms with Gasteiger partial charge in [-0.3, -0.25) is 4.79 Å². The maximum atomic E-state index is 12.3. The lowest BCUT2D eigenvalue weighted by molar-refractivity contribution is 0.0705. The molecule has 3 rings (SSSR count). The van der Waals surface area contributed by atoms with E-state index in [1.165, 1.54) is 6.26 Å². The predicted molar refractivity (Wildman–Crippen MR) is 61.7 cm³/mol. The molecule has 1 aliphatic heterocycles. The minimum Gasteiger partial charge on any atom is -0.472 e. The van der Waals surface area contributed by atoms with Gasteiger partial charge < -0.3 is 14.1 Å². The van der Waals surface area contributed by atoms with Crippen molar-refractivity contribution in [2.45, 2.75) is 25.3 Å². The molecule has 0 spiro atoms. The Balaban J connectivity index is 1.69. The van der Waals surface area contributed by atoms with Crippen molar-refractivity contribution in [3.05, 3.63) is 24.2 Å². The standard InChI is InChI=1S/C13H17NO3/c15-13(11-4-6-17-9-11)14(12-1-2-12)7-10-3-5-16-8-10/h4,6,9-10,12H,1-3,5,7-8H2. The SMILES string of the molecule is O=C(c1ccoc1)N(CC1CCOC1)C1CC1. The van der Waals surface area contributed by atoms with Gasteiger partial charge >= 0.3 is 0 Å². The third kappa shape index (κ3) is 2.36. The van der Waals surface area contributed by atoms with E-state index in [4.69, 9.17) is 9.15 Å². The van der Waals surface area contributed by atoms with Crippen LogP contribution in [0.25, 0.3) is 0 Å². The molecule has 1 aliphatic carbocycles. The minimum absolute atomic E-state index is 0.105. The predicted octanol–water partition coefficient (Wildman–Crippen LogP) is 1.92. The fourth-order valence-corrected chi connectivity index (χ4v) is 2.34. The monoisotopic (exact) mass is 235 g/mol. The maximum Gasteiger partial charge on any atom is 0.257 e. The Morgan fingerprint density at radius 2 is 2.29 bits per heavy atom. The first-order chi connectivity index (χ1) is 8.34. The molecule has 0 aromatic carbocycles. The summed E-state index contributed by atoms with van der Waals surface area (Å²) in [6.07, 6.45) is 6.43. The first-order valence-electron chi connectivity index (χ1n) is 6.25. The molecule has 1 atom stereocenters. The van der Waals surface area contributed by atoms with E-state index in [2.05, 4.69) is 0 Å². The van der Waals surface area contributed by atoms with Crippen LogP contribution in [-0.2, 0) is 4.74 Å². The molecule has 2 fully saturated rings. The molecule has 1 aromatic heterocycles. The molecule has 92 valence electrons. The van der Waals surface area contributed by atoms with Gasteiger partial charge in [-0.2, -0.15) is 0 Å². The van der Waals surface area contributed by atoms with Gasteiger partial charge in [-0.05, 0) is 25.3 Å². The van der Waals surface area contributed by atoms with Crippen LogP contribution in [0.3, 0.4) is 0 Å². The number of ether oxygens (including phenoxy) is 1. The van der Waals surface area contributed by atoms with Crippen molar-refractivity contribution in [2.75, 3.05) is 19.8 Å². The fourth-order valence-electron chi connectivity index (χ4n) is 2.34. The zero-order valence-electron chi connectivity index (χ0n) is 9.80. The van der Waals surface area contributed by atoms with Crippen molar-refractivity contribution < 1.29 is 13.9 Å². The highest BCUT2D eigenvalue weighted by molar-refractivity contribution is 5.94. The first kappa shape index (κ1) is 10.8. The second-order valence-electron chi connectivity index (χ2n) is 4.93. The van der Waals surface area contributed by atoms with E-state index in [-0.39, 0.29) is 5.91 Å². The van der Waals surface area contributed by atoms with Gasteiger partial charge in [-0.1, -0.05) is 0 Å². The Morgan fingerprint density at radius 3 is 2.88 bits per heavy atom. The van der Waals surface area contributed by atoms with Crippen LogP contribution in [0.1, 0.15) is 29.6 Å². The van der Waals surface area contributed by atoms with Gasteiger partial charge in [-0.25, -0.2) is 0 Å². The summed E-state index contributed by atoms with van der Waals surface area (Å²) in [4.78, 5) is 14.3. The van der Waals surface area contributed by atoms with Crippen LogP contribution in [0.5, 0.6) is 0 Å². The molecule has 1 saturated carbocycles. The molecule has 2 heterocycles. The van der Waals surface area contributed by atoms with Crippen LogP contribution in [0.4, 0.5) is 0 Å². The highest BCUT2D eigenvalue weighted by Gasteiger charge is 2.35. The minimum atomic E-state index is 0.105. The largest absolute Gasteiger partial charge is 0.472 e. The summed E-state index contributed by atoms with van der Waals surface area (Å²) in [5, 5.41) is 0. The lowest BCUT2D eigenvalue weighted by Gasteiger charge is -2.24. The van der Waals surface area contributed by atoms with Crippen molar-refractivity contribution in [1.82, 2.24) is 4.90 Å². The molecule has 17 heavy (non-hydrogen) atoms. The number of carbonyl (C=O) groups excluding carboxylic acids is 1. The van der Waals surface area contributed by atoms with Crippen LogP contribution in [0.15, 0.2) is 23.0 Å². The van der Waals surface area contributed by atoms with Crippen LogP contribution >= 0.6 is 0 Å².